The highest BCUT2D eigenvalue weighted by atomic mass is 16.6. The van der Waals surface area contributed by atoms with Crippen molar-refractivity contribution in [2.45, 2.75) is 13.5 Å². The molecule has 0 bridgehead atoms. The summed E-state index contributed by atoms with van der Waals surface area (Å²) in [7, 11) is 3.69. The van der Waals surface area contributed by atoms with E-state index in [9.17, 15) is 10.1 Å². The minimum atomic E-state index is -0.359. The molecule has 0 fully saturated rings. The van der Waals surface area contributed by atoms with E-state index in [1.807, 2.05) is 38.2 Å². The molecule has 2 aromatic rings. The highest BCUT2D eigenvalue weighted by Crippen LogP contribution is 2.29. The van der Waals surface area contributed by atoms with Gasteiger partial charge in [-0.05, 0) is 24.6 Å². The van der Waals surface area contributed by atoms with Crippen LogP contribution in [-0.4, -0.2) is 19.0 Å². The van der Waals surface area contributed by atoms with Crippen LogP contribution in [0.1, 0.15) is 11.1 Å². The van der Waals surface area contributed by atoms with E-state index < -0.39 is 0 Å². The van der Waals surface area contributed by atoms with Gasteiger partial charge in [-0.3, -0.25) is 10.1 Å². The van der Waals surface area contributed by atoms with Crippen molar-refractivity contribution in [1.82, 2.24) is 0 Å². The first-order chi connectivity index (χ1) is 10.0. The fraction of sp³-hybridized carbons (Fsp3) is 0.250. The lowest BCUT2D eigenvalue weighted by Gasteiger charge is -2.21. The van der Waals surface area contributed by atoms with Gasteiger partial charge in [0.1, 0.15) is 5.69 Å². The van der Waals surface area contributed by atoms with Crippen LogP contribution >= 0.6 is 0 Å². The van der Waals surface area contributed by atoms with Crippen LogP contribution in [0.15, 0.2) is 42.5 Å². The van der Waals surface area contributed by atoms with E-state index >= 15 is 0 Å². The number of benzene rings is 2. The molecule has 0 radical (unpaired) electrons. The van der Waals surface area contributed by atoms with E-state index in [1.165, 1.54) is 11.6 Å². The summed E-state index contributed by atoms with van der Waals surface area (Å²) >= 11 is 0. The zero-order valence-corrected chi connectivity index (χ0v) is 12.5. The molecule has 0 saturated heterocycles. The maximum absolute atomic E-state index is 11.1. The Morgan fingerprint density at radius 1 is 1.24 bits per heavy atom. The highest BCUT2D eigenvalue weighted by molar-refractivity contribution is 5.67. The van der Waals surface area contributed by atoms with Crippen molar-refractivity contribution >= 4 is 17.1 Å². The van der Waals surface area contributed by atoms with E-state index in [-0.39, 0.29) is 10.6 Å². The molecule has 0 heterocycles. The summed E-state index contributed by atoms with van der Waals surface area (Å²) in [6, 6.07) is 13.3. The second-order valence-corrected chi connectivity index (χ2v) is 5.01. The summed E-state index contributed by atoms with van der Waals surface area (Å²) in [5.74, 6) is 0. The van der Waals surface area contributed by atoms with E-state index in [4.69, 9.17) is 0 Å². The molecule has 0 amide bonds. The van der Waals surface area contributed by atoms with Crippen LogP contribution in [0.4, 0.5) is 17.1 Å². The molecule has 2 rings (SSSR count). The molecule has 2 aromatic carbocycles. The average Bonchev–Trinajstić information content (AvgIpc) is 2.46. The Bertz CT molecular complexity index is 656. The third-order valence-corrected chi connectivity index (χ3v) is 3.43. The first-order valence-electron chi connectivity index (χ1n) is 6.74. The van der Waals surface area contributed by atoms with Crippen LogP contribution in [0, 0.1) is 17.0 Å². The number of nitro benzene ring substituents is 1. The van der Waals surface area contributed by atoms with Crippen molar-refractivity contribution in [1.29, 1.82) is 0 Å². The van der Waals surface area contributed by atoms with Gasteiger partial charge in [0.05, 0.1) is 4.92 Å². The third-order valence-electron chi connectivity index (χ3n) is 3.43. The number of nitrogens with one attached hydrogen (secondary N) is 1. The van der Waals surface area contributed by atoms with Gasteiger partial charge in [-0.2, -0.15) is 0 Å². The van der Waals surface area contributed by atoms with Crippen LogP contribution in [0.25, 0.3) is 0 Å². The molecule has 110 valence electrons. The molecule has 0 aromatic heterocycles. The number of anilines is 2. The van der Waals surface area contributed by atoms with E-state index in [1.54, 1.807) is 13.1 Å². The topological polar surface area (TPSA) is 58.4 Å². The van der Waals surface area contributed by atoms with E-state index in [0.29, 0.717) is 12.2 Å². The summed E-state index contributed by atoms with van der Waals surface area (Å²) < 4.78 is 0. The van der Waals surface area contributed by atoms with Crippen molar-refractivity contribution in [2.75, 3.05) is 24.3 Å². The second-order valence-electron chi connectivity index (χ2n) is 5.01. The van der Waals surface area contributed by atoms with Gasteiger partial charge in [0, 0.05) is 38.0 Å². The minimum Gasteiger partial charge on any atom is -0.382 e. The molecule has 5 nitrogen and oxygen atoms in total. The fourth-order valence-corrected chi connectivity index (χ4v) is 2.37. The molecule has 5 heteroatoms. The molecule has 0 saturated carbocycles. The zero-order chi connectivity index (χ0) is 15.4. The maximum atomic E-state index is 11.1. The highest BCUT2D eigenvalue weighted by Gasteiger charge is 2.17. The van der Waals surface area contributed by atoms with Gasteiger partial charge in [0.2, 0.25) is 0 Å². The monoisotopic (exact) mass is 285 g/mol. The van der Waals surface area contributed by atoms with Crippen molar-refractivity contribution < 1.29 is 4.92 Å². The van der Waals surface area contributed by atoms with Crippen LogP contribution in [0.2, 0.25) is 0 Å². The predicted octanol–water partition coefficient (Wildman–Crippen LogP) is 3.58. The first-order valence-corrected chi connectivity index (χ1v) is 6.74. The van der Waals surface area contributed by atoms with Crippen molar-refractivity contribution in [3.8, 4) is 0 Å². The fourth-order valence-electron chi connectivity index (χ4n) is 2.37. The number of aryl methyl sites for hydroxylation is 1. The lowest BCUT2D eigenvalue weighted by atomic mass is 10.1. The Morgan fingerprint density at radius 2 is 1.95 bits per heavy atom. The van der Waals surface area contributed by atoms with Gasteiger partial charge in [-0.1, -0.05) is 24.3 Å². The summed E-state index contributed by atoms with van der Waals surface area (Å²) in [6.07, 6.45) is 0. The molecule has 0 spiro atoms. The zero-order valence-electron chi connectivity index (χ0n) is 12.5. The first kappa shape index (κ1) is 14.8. The van der Waals surface area contributed by atoms with Gasteiger partial charge in [0.25, 0.3) is 5.69 Å². The Hall–Kier alpha value is -2.56. The molecular weight excluding hydrogens is 266 g/mol. The normalized spacial score (nSPS) is 10.2. The van der Waals surface area contributed by atoms with Crippen molar-refractivity contribution in [3.63, 3.8) is 0 Å². The van der Waals surface area contributed by atoms with Gasteiger partial charge in [-0.15, -0.1) is 0 Å². The molecule has 0 unspecified atom stereocenters. The lowest BCUT2D eigenvalue weighted by molar-refractivity contribution is -0.384. The quantitative estimate of drug-likeness (QED) is 0.674. The SMILES string of the molecule is CNc1c(CN(C)c2cccc(C)c2)cccc1[N+](=O)[O-]. The predicted molar refractivity (Wildman–Crippen MR) is 85.9 cm³/mol. The second kappa shape index (κ2) is 6.26. The molecular formula is C16H19N3O2. The van der Waals surface area contributed by atoms with Gasteiger partial charge >= 0.3 is 0 Å². The number of hydrogen-bond donors (Lipinski definition) is 1. The summed E-state index contributed by atoms with van der Waals surface area (Å²) in [6.45, 7) is 2.64. The number of nitrogens with zero attached hydrogens (tertiary/aromatic N) is 2. The molecule has 0 aliphatic carbocycles. The van der Waals surface area contributed by atoms with Gasteiger partial charge in [-0.25, -0.2) is 0 Å². The molecule has 0 aliphatic rings. The summed E-state index contributed by atoms with van der Waals surface area (Å²) in [4.78, 5) is 12.8. The number of para-hydroxylation sites is 1. The van der Waals surface area contributed by atoms with Gasteiger partial charge in [0.15, 0.2) is 0 Å². The average molecular weight is 285 g/mol. The lowest BCUT2D eigenvalue weighted by Crippen LogP contribution is -2.17. The largest absolute Gasteiger partial charge is 0.382 e. The van der Waals surface area contributed by atoms with Crippen LogP contribution in [0.5, 0.6) is 0 Å². The van der Waals surface area contributed by atoms with E-state index in [0.717, 1.165) is 11.3 Å². The molecule has 1 N–H and O–H groups in total. The summed E-state index contributed by atoms with van der Waals surface area (Å²) in [5, 5.41) is 14.0. The third kappa shape index (κ3) is 3.31. The Balaban J connectivity index is 2.31. The number of hydrogen-bond acceptors (Lipinski definition) is 4. The Labute approximate surface area is 124 Å². The molecule has 0 aliphatic heterocycles. The van der Waals surface area contributed by atoms with Crippen LogP contribution in [0.3, 0.4) is 0 Å². The van der Waals surface area contributed by atoms with Gasteiger partial charge < -0.3 is 10.2 Å². The van der Waals surface area contributed by atoms with Crippen LogP contribution in [-0.2, 0) is 6.54 Å². The standard InChI is InChI=1S/C16H19N3O2/c1-12-6-4-8-14(10-12)18(3)11-13-7-5-9-15(19(20)21)16(13)17-2/h4-10,17H,11H2,1-3H3. The molecule has 21 heavy (non-hydrogen) atoms. The smallest absolute Gasteiger partial charge is 0.292 e. The Kier molecular flexibility index (Phi) is 4.42. The molecule has 0 atom stereocenters. The Morgan fingerprint density at radius 3 is 2.57 bits per heavy atom. The number of nitro groups is 1. The van der Waals surface area contributed by atoms with Crippen LogP contribution < -0.4 is 10.2 Å². The minimum absolute atomic E-state index is 0.104. The van der Waals surface area contributed by atoms with Crippen molar-refractivity contribution in [2.24, 2.45) is 0 Å². The number of rotatable bonds is 5. The van der Waals surface area contributed by atoms with Crippen molar-refractivity contribution in [3.05, 3.63) is 63.7 Å². The van der Waals surface area contributed by atoms with E-state index in [2.05, 4.69) is 16.3 Å². The summed E-state index contributed by atoms with van der Waals surface area (Å²) in [5.41, 5.74) is 3.85. The maximum Gasteiger partial charge on any atom is 0.292 e.